The summed E-state index contributed by atoms with van der Waals surface area (Å²) < 4.78 is 5.43. The molecule has 0 saturated carbocycles. The molecule has 0 unspecified atom stereocenters. The number of imidazole rings is 1. The van der Waals surface area contributed by atoms with Crippen LogP contribution in [0.15, 0.2) is 30.3 Å². The Kier molecular flexibility index (Phi) is 6.74. The molecule has 1 aromatic carbocycles. The molecule has 2 aromatic heterocycles. The number of aliphatic carboxylic acids is 1. The van der Waals surface area contributed by atoms with Crippen molar-refractivity contribution in [1.82, 2.24) is 19.9 Å². The van der Waals surface area contributed by atoms with E-state index < -0.39 is 12.4 Å². The molecule has 1 amide bonds. The van der Waals surface area contributed by atoms with Gasteiger partial charge in [-0.3, -0.25) is 9.59 Å². The number of halogens is 1. The number of carbonyl (C=O) groups excluding carboxylic acids is 1. The second kappa shape index (κ2) is 10.1. The van der Waals surface area contributed by atoms with Crippen LogP contribution < -0.4 is 10.2 Å². The molecule has 0 radical (unpaired) electrons. The molecule has 10 nitrogen and oxygen atoms in total. The molecular weight excluding hydrogens is 472 g/mol. The van der Waals surface area contributed by atoms with Crippen molar-refractivity contribution in [3.8, 4) is 11.3 Å². The summed E-state index contributed by atoms with van der Waals surface area (Å²) in [6.45, 7) is 4.26. The van der Waals surface area contributed by atoms with Crippen LogP contribution >= 0.6 is 11.6 Å². The van der Waals surface area contributed by atoms with Crippen LogP contribution in [0.2, 0.25) is 5.02 Å². The van der Waals surface area contributed by atoms with Crippen molar-refractivity contribution in [1.29, 1.82) is 0 Å². The molecule has 5 rings (SSSR count). The normalized spacial score (nSPS) is 17.1. The average Bonchev–Trinajstić information content (AvgIpc) is 3.25. The molecule has 0 aliphatic carbocycles. The van der Waals surface area contributed by atoms with E-state index in [4.69, 9.17) is 26.4 Å². The molecule has 2 aliphatic heterocycles. The van der Waals surface area contributed by atoms with Crippen LogP contribution in [0.25, 0.3) is 22.4 Å². The maximum absolute atomic E-state index is 11.9. The molecule has 3 aromatic rings. The number of carbonyl (C=O) groups is 2. The summed E-state index contributed by atoms with van der Waals surface area (Å²) >= 11 is 6.57. The van der Waals surface area contributed by atoms with Gasteiger partial charge in [0.05, 0.1) is 29.4 Å². The molecule has 184 valence electrons. The van der Waals surface area contributed by atoms with Crippen molar-refractivity contribution in [3.05, 3.63) is 35.4 Å². The van der Waals surface area contributed by atoms with E-state index >= 15 is 0 Å². The molecule has 2 aliphatic rings. The Morgan fingerprint density at radius 2 is 1.83 bits per heavy atom. The van der Waals surface area contributed by atoms with Gasteiger partial charge in [-0.2, -0.15) is 4.98 Å². The number of likely N-dealkylation sites (tertiary alicyclic amines) is 1. The van der Waals surface area contributed by atoms with E-state index in [0.29, 0.717) is 48.2 Å². The zero-order valence-electron chi connectivity index (χ0n) is 19.2. The van der Waals surface area contributed by atoms with Crippen molar-refractivity contribution >= 4 is 46.3 Å². The summed E-state index contributed by atoms with van der Waals surface area (Å²) in [6.07, 6.45) is 0.945. The Bertz CT molecular complexity index is 1220. The molecule has 2 fully saturated rings. The van der Waals surface area contributed by atoms with Gasteiger partial charge >= 0.3 is 5.97 Å². The number of ether oxygens (including phenoxy) is 1. The number of aromatic amines is 1. The number of anilines is 2. The van der Waals surface area contributed by atoms with Crippen LogP contribution in [0.1, 0.15) is 19.3 Å². The fourth-order valence-electron chi connectivity index (χ4n) is 4.55. The number of benzene rings is 1. The topological polar surface area (TPSA) is 124 Å². The van der Waals surface area contributed by atoms with Gasteiger partial charge in [-0.05, 0) is 31.0 Å². The Balaban J connectivity index is 1.26. The van der Waals surface area contributed by atoms with E-state index in [9.17, 15) is 9.59 Å². The number of rotatable bonds is 6. The summed E-state index contributed by atoms with van der Waals surface area (Å²) in [5.41, 5.74) is 4.05. The maximum atomic E-state index is 11.9. The minimum atomic E-state index is -1.10. The number of morpholine rings is 1. The Morgan fingerprint density at radius 3 is 2.51 bits per heavy atom. The minimum Gasteiger partial charge on any atom is -0.481 e. The third-order valence-electron chi connectivity index (χ3n) is 6.43. The quantitative estimate of drug-likeness (QED) is 0.443. The molecule has 35 heavy (non-hydrogen) atoms. The largest absolute Gasteiger partial charge is 0.481 e. The lowest BCUT2D eigenvalue weighted by molar-refractivity contribution is -0.144. The number of amides is 1. The summed E-state index contributed by atoms with van der Waals surface area (Å²) in [7, 11) is 0. The number of piperidine rings is 1. The fraction of sp³-hybridized carbons (Fsp3) is 0.417. The molecule has 0 spiro atoms. The van der Waals surface area contributed by atoms with Crippen molar-refractivity contribution in [3.63, 3.8) is 0 Å². The number of carboxylic acid groups (broad SMARTS) is 1. The Labute approximate surface area is 207 Å². The van der Waals surface area contributed by atoms with Gasteiger partial charge < -0.3 is 29.9 Å². The van der Waals surface area contributed by atoms with Crippen LogP contribution in [-0.2, 0) is 14.3 Å². The predicted octanol–water partition coefficient (Wildman–Crippen LogP) is 2.99. The predicted molar refractivity (Wildman–Crippen MR) is 133 cm³/mol. The van der Waals surface area contributed by atoms with Crippen LogP contribution in [0.3, 0.4) is 0 Å². The highest BCUT2D eigenvalue weighted by Gasteiger charge is 2.24. The molecule has 0 atom stereocenters. The first-order chi connectivity index (χ1) is 17.0. The third-order valence-corrected chi connectivity index (χ3v) is 6.72. The van der Waals surface area contributed by atoms with Gasteiger partial charge in [0.25, 0.3) is 0 Å². The number of hydrogen-bond acceptors (Lipinski definition) is 7. The average molecular weight is 499 g/mol. The van der Waals surface area contributed by atoms with Crippen LogP contribution in [0, 0.1) is 0 Å². The second-order valence-corrected chi connectivity index (χ2v) is 9.20. The third kappa shape index (κ3) is 5.33. The molecule has 3 N–H and O–H groups in total. The van der Waals surface area contributed by atoms with Crippen molar-refractivity contribution in [2.45, 2.75) is 25.3 Å². The number of H-pyrrole nitrogens is 1. The minimum absolute atomic E-state index is 0.118. The number of pyridine rings is 1. The lowest BCUT2D eigenvalue weighted by atomic mass is 10.0. The molecule has 0 bridgehead atoms. The van der Waals surface area contributed by atoms with Crippen molar-refractivity contribution in [2.24, 2.45) is 0 Å². The Morgan fingerprint density at radius 1 is 1.11 bits per heavy atom. The first-order valence-electron chi connectivity index (χ1n) is 11.7. The lowest BCUT2D eigenvalue weighted by Crippen LogP contribution is -2.43. The number of fused-ring (bicyclic) bond motifs is 1. The van der Waals surface area contributed by atoms with E-state index in [1.165, 1.54) is 0 Å². The van der Waals surface area contributed by atoms with Crippen molar-refractivity contribution in [2.75, 3.05) is 49.6 Å². The second-order valence-electron chi connectivity index (χ2n) is 8.79. The van der Waals surface area contributed by atoms with E-state index in [0.717, 1.165) is 43.1 Å². The van der Waals surface area contributed by atoms with Gasteiger partial charge in [-0.15, -0.1) is 0 Å². The maximum Gasteiger partial charge on any atom is 0.312 e. The monoisotopic (exact) mass is 498 g/mol. The highest BCUT2D eigenvalue weighted by Crippen LogP contribution is 2.31. The van der Waals surface area contributed by atoms with E-state index in [1.54, 1.807) is 4.90 Å². The highest BCUT2D eigenvalue weighted by atomic mass is 35.5. The summed E-state index contributed by atoms with van der Waals surface area (Å²) in [5.74, 6) is -0.848. The number of nitrogens with one attached hydrogen (secondary N) is 2. The van der Waals surface area contributed by atoms with Gasteiger partial charge in [0, 0.05) is 43.5 Å². The van der Waals surface area contributed by atoms with Gasteiger partial charge in [0.1, 0.15) is 6.42 Å². The molecule has 2 saturated heterocycles. The van der Waals surface area contributed by atoms with E-state index in [2.05, 4.69) is 32.3 Å². The van der Waals surface area contributed by atoms with Crippen LogP contribution in [0.5, 0.6) is 0 Å². The number of nitrogens with zero attached hydrogens (tertiary/aromatic N) is 4. The fourth-order valence-corrected chi connectivity index (χ4v) is 4.81. The van der Waals surface area contributed by atoms with Gasteiger partial charge in [-0.1, -0.05) is 23.7 Å². The number of carboxylic acids is 1. The Hall–Kier alpha value is -3.37. The standard InChI is InChI=1S/C24H27ClN6O4/c25-18-13-19-23(28-22(18)15-1-3-17(4-2-15)30-9-11-35-12-10-30)29-24(27-19)26-16-5-7-31(8-6-16)20(32)14-21(33)34/h1-4,13,16H,5-12,14H2,(H,33,34)(H2,26,27,28,29). The number of aromatic nitrogens is 3. The van der Waals surface area contributed by atoms with E-state index in [-0.39, 0.29) is 11.9 Å². The zero-order valence-corrected chi connectivity index (χ0v) is 19.9. The van der Waals surface area contributed by atoms with E-state index in [1.807, 2.05) is 18.2 Å². The first-order valence-corrected chi connectivity index (χ1v) is 12.1. The van der Waals surface area contributed by atoms with Gasteiger partial charge in [-0.25, -0.2) is 4.98 Å². The van der Waals surface area contributed by atoms with Crippen LogP contribution in [0.4, 0.5) is 11.6 Å². The van der Waals surface area contributed by atoms with Gasteiger partial charge in [0.15, 0.2) is 5.65 Å². The zero-order chi connectivity index (χ0) is 24.4. The highest BCUT2D eigenvalue weighted by molar-refractivity contribution is 6.33. The summed E-state index contributed by atoms with van der Waals surface area (Å²) in [4.78, 5) is 39.2. The smallest absolute Gasteiger partial charge is 0.312 e. The van der Waals surface area contributed by atoms with Crippen LogP contribution in [-0.4, -0.2) is 82.3 Å². The first kappa shape index (κ1) is 23.4. The van der Waals surface area contributed by atoms with Crippen molar-refractivity contribution < 1.29 is 19.4 Å². The summed E-state index contributed by atoms with van der Waals surface area (Å²) in [6, 6.07) is 10.2. The van der Waals surface area contributed by atoms with Gasteiger partial charge in [0.2, 0.25) is 11.9 Å². The molecule has 4 heterocycles. The lowest BCUT2D eigenvalue weighted by Gasteiger charge is -2.32. The molecular formula is C24H27ClN6O4. The SMILES string of the molecule is O=C(O)CC(=O)N1CCC(Nc2nc3nc(-c4ccc(N5CCOCC5)cc4)c(Cl)cc3[nH]2)CC1. The molecule has 11 heteroatoms. The summed E-state index contributed by atoms with van der Waals surface area (Å²) in [5, 5.41) is 12.7. The number of hydrogen-bond donors (Lipinski definition) is 3.